The van der Waals surface area contributed by atoms with E-state index in [0.29, 0.717) is 36.4 Å². The minimum Gasteiger partial charge on any atom is -0.483 e. The molecule has 1 unspecified atom stereocenters. The third-order valence-corrected chi connectivity index (χ3v) is 6.88. The van der Waals surface area contributed by atoms with Crippen molar-refractivity contribution >= 4 is 40.5 Å². The molecule has 1 aliphatic heterocycles. The summed E-state index contributed by atoms with van der Waals surface area (Å²) in [6.45, 7) is 5.08. The summed E-state index contributed by atoms with van der Waals surface area (Å²) < 4.78 is 20.9. The lowest BCUT2D eigenvalue weighted by molar-refractivity contribution is 0.0696. The van der Waals surface area contributed by atoms with E-state index < -0.39 is 11.8 Å². The standard InChI is InChI=1S/C30H29FN2O3.ClH/c1-19-13-14-22(17-26(19)30(34)35)33-18-23(36-29-27(31)11-6-12-28(29)33)15-16-32-20(2)24-10-5-8-21-7-3-4-9-25(21)24;/h3-14,17,20,23,32H,15-16,18H2,1-2H3,(H,34,35);1H/t20-,23?;/m1./s1. The number of hydrogen-bond acceptors (Lipinski definition) is 4. The summed E-state index contributed by atoms with van der Waals surface area (Å²) in [5, 5.41) is 15.6. The van der Waals surface area contributed by atoms with Crippen LogP contribution in [0.25, 0.3) is 10.8 Å². The molecule has 5 nitrogen and oxygen atoms in total. The van der Waals surface area contributed by atoms with Crippen LogP contribution in [0.2, 0.25) is 0 Å². The van der Waals surface area contributed by atoms with Gasteiger partial charge in [-0.2, -0.15) is 0 Å². The summed E-state index contributed by atoms with van der Waals surface area (Å²) in [6.07, 6.45) is 0.396. The van der Waals surface area contributed by atoms with Crippen LogP contribution in [0, 0.1) is 12.7 Å². The average Bonchev–Trinajstić information content (AvgIpc) is 2.88. The van der Waals surface area contributed by atoms with Crippen LogP contribution >= 0.6 is 12.4 Å². The molecule has 1 heterocycles. The van der Waals surface area contributed by atoms with Crippen LogP contribution in [0.1, 0.15) is 40.9 Å². The number of benzene rings is 4. The molecule has 0 bridgehead atoms. The van der Waals surface area contributed by atoms with Gasteiger partial charge in [0.05, 0.1) is 17.8 Å². The van der Waals surface area contributed by atoms with E-state index >= 15 is 0 Å². The molecule has 0 radical (unpaired) electrons. The summed E-state index contributed by atoms with van der Waals surface area (Å²) in [4.78, 5) is 13.7. The van der Waals surface area contributed by atoms with Gasteiger partial charge < -0.3 is 20.1 Å². The van der Waals surface area contributed by atoms with E-state index in [1.807, 2.05) is 17.0 Å². The number of para-hydroxylation sites is 1. The van der Waals surface area contributed by atoms with E-state index in [0.717, 1.165) is 0 Å². The van der Waals surface area contributed by atoms with Gasteiger partial charge >= 0.3 is 5.97 Å². The minimum atomic E-state index is -0.981. The first kappa shape index (κ1) is 26.5. The molecule has 0 amide bonds. The van der Waals surface area contributed by atoms with Crippen molar-refractivity contribution in [2.24, 2.45) is 0 Å². The van der Waals surface area contributed by atoms with Crippen LogP contribution in [0.5, 0.6) is 5.75 Å². The van der Waals surface area contributed by atoms with Crippen molar-refractivity contribution in [3.8, 4) is 5.75 Å². The highest BCUT2D eigenvalue weighted by Gasteiger charge is 2.29. The van der Waals surface area contributed by atoms with Gasteiger partial charge in [0.25, 0.3) is 0 Å². The maximum Gasteiger partial charge on any atom is 0.336 e. The summed E-state index contributed by atoms with van der Waals surface area (Å²) in [7, 11) is 0. The van der Waals surface area contributed by atoms with Crippen LogP contribution in [-0.2, 0) is 0 Å². The van der Waals surface area contributed by atoms with Gasteiger partial charge in [-0.15, -0.1) is 12.4 Å². The molecule has 2 atom stereocenters. The fraction of sp³-hybridized carbons (Fsp3) is 0.233. The summed E-state index contributed by atoms with van der Waals surface area (Å²) >= 11 is 0. The summed E-state index contributed by atoms with van der Waals surface area (Å²) in [6, 6.07) is 24.9. The Morgan fingerprint density at radius 1 is 1.11 bits per heavy atom. The Morgan fingerprint density at radius 2 is 1.86 bits per heavy atom. The first-order valence-electron chi connectivity index (χ1n) is 12.2. The maximum atomic E-state index is 14.8. The molecule has 5 rings (SSSR count). The Bertz CT molecular complexity index is 1420. The first-order chi connectivity index (χ1) is 17.4. The number of ether oxygens (including phenoxy) is 1. The molecule has 192 valence electrons. The Hall–Kier alpha value is -3.61. The number of carbonyl (C=O) groups is 1. The van der Waals surface area contributed by atoms with Gasteiger partial charge in [-0.1, -0.05) is 54.6 Å². The Kier molecular flexibility index (Phi) is 8.00. The average molecular weight is 521 g/mol. The zero-order chi connectivity index (χ0) is 25.2. The number of carboxylic acids is 1. The number of aromatic carboxylic acids is 1. The Labute approximate surface area is 222 Å². The summed E-state index contributed by atoms with van der Waals surface area (Å²) in [5.41, 5.74) is 3.46. The largest absolute Gasteiger partial charge is 0.483 e. The van der Waals surface area contributed by atoms with Gasteiger partial charge in [0.2, 0.25) is 0 Å². The van der Waals surface area contributed by atoms with Crippen LogP contribution in [0.3, 0.4) is 0 Å². The van der Waals surface area contributed by atoms with E-state index in [9.17, 15) is 14.3 Å². The van der Waals surface area contributed by atoms with Crippen molar-refractivity contribution in [2.75, 3.05) is 18.0 Å². The number of nitrogens with zero attached hydrogens (tertiary/aromatic N) is 1. The lowest BCUT2D eigenvalue weighted by Crippen LogP contribution is -2.39. The highest BCUT2D eigenvalue weighted by atomic mass is 35.5. The second-order valence-electron chi connectivity index (χ2n) is 9.28. The molecule has 1 aliphatic rings. The number of fused-ring (bicyclic) bond motifs is 2. The van der Waals surface area contributed by atoms with Gasteiger partial charge in [0, 0.05) is 11.7 Å². The molecule has 0 aliphatic carbocycles. The molecule has 0 fully saturated rings. The molecular formula is C30H30ClFN2O3. The number of hydrogen-bond donors (Lipinski definition) is 2. The van der Waals surface area contributed by atoms with Gasteiger partial charge in [-0.3, -0.25) is 0 Å². The normalized spacial score (nSPS) is 15.4. The fourth-order valence-corrected chi connectivity index (χ4v) is 4.93. The van der Waals surface area contributed by atoms with E-state index in [1.165, 1.54) is 22.4 Å². The molecule has 4 aromatic carbocycles. The predicted molar refractivity (Wildman–Crippen MR) is 148 cm³/mol. The monoisotopic (exact) mass is 520 g/mol. The minimum absolute atomic E-state index is 0. The zero-order valence-corrected chi connectivity index (χ0v) is 21.6. The fourth-order valence-electron chi connectivity index (χ4n) is 4.93. The topological polar surface area (TPSA) is 61.8 Å². The highest BCUT2D eigenvalue weighted by Crippen LogP contribution is 2.40. The molecule has 7 heteroatoms. The van der Waals surface area contributed by atoms with Gasteiger partial charge in [0.15, 0.2) is 11.6 Å². The number of aryl methyl sites for hydroxylation is 1. The van der Waals surface area contributed by atoms with E-state index in [2.05, 4.69) is 48.6 Å². The number of nitrogens with one attached hydrogen (secondary N) is 1. The predicted octanol–water partition coefficient (Wildman–Crippen LogP) is 7.05. The van der Waals surface area contributed by atoms with Gasteiger partial charge in [-0.25, -0.2) is 9.18 Å². The van der Waals surface area contributed by atoms with Crippen molar-refractivity contribution in [1.29, 1.82) is 0 Å². The number of rotatable bonds is 7. The number of halogens is 2. The van der Waals surface area contributed by atoms with E-state index in [-0.39, 0.29) is 35.9 Å². The number of anilines is 2. The SMILES string of the molecule is Cc1ccc(N2CC(CCN[C@H](C)c3cccc4ccccc34)Oc3c(F)cccc32)cc1C(=O)O.Cl. The molecule has 0 saturated carbocycles. The van der Waals surface area contributed by atoms with Gasteiger partial charge in [0.1, 0.15) is 6.10 Å². The molecule has 37 heavy (non-hydrogen) atoms. The number of carboxylic acid groups (broad SMARTS) is 1. The Morgan fingerprint density at radius 3 is 2.68 bits per heavy atom. The lowest BCUT2D eigenvalue weighted by Gasteiger charge is -2.37. The summed E-state index contributed by atoms with van der Waals surface area (Å²) in [5.74, 6) is -1.21. The van der Waals surface area contributed by atoms with E-state index in [1.54, 1.807) is 31.2 Å². The maximum absolute atomic E-state index is 14.8. The van der Waals surface area contributed by atoms with Crippen molar-refractivity contribution in [3.63, 3.8) is 0 Å². The van der Waals surface area contributed by atoms with Crippen molar-refractivity contribution in [2.45, 2.75) is 32.4 Å². The van der Waals surface area contributed by atoms with Crippen molar-refractivity contribution in [1.82, 2.24) is 5.32 Å². The second-order valence-corrected chi connectivity index (χ2v) is 9.28. The quantitative estimate of drug-likeness (QED) is 0.273. The first-order valence-corrected chi connectivity index (χ1v) is 12.2. The second kappa shape index (κ2) is 11.2. The molecular weight excluding hydrogens is 491 g/mol. The van der Waals surface area contributed by atoms with Crippen molar-refractivity contribution < 1.29 is 19.0 Å². The van der Waals surface area contributed by atoms with Gasteiger partial charge in [-0.05, 0) is 73.0 Å². The molecule has 0 saturated heterocycles. The highest BCUT2D eigenvalue weighted by molar-refractivity contribution is 5.91. The molecule has 0 spiro atoms. The molecule has 4 aromatic rings. The van der Waals surface area contributed by atoms with Crippen molar-refractivity contribution in [3.05, 3.63) is 101 Å². The Balaban J connectivity index is 0.00000320. The van der Waals surface area contributed by atoms with Crippen LogP contribution < -0.4 is 15.0 Å². The smallest absolute Gasteiger partial charge is 0.336 e. The van der Waals surface area contributed by atoms with E-state index in [4.69, 9.17) is 4.74 Å². The molecule has 0 aromatic heterocycles. The van der Waals surface area contributed by atoms with Crippen LogP contribution in [-0.4, -0.2) is 30.3 Å². The molecule has 2 N–H and O–H groups in total. The van der Waals surface area contributed by atoms with Crippen LogP contribution in [0.4, 0.5) is 15.8 Å². The zero-order valence-electron chi connectivity index (χ0n) is 20.8. The lowest BCUT2D eigenvalue weighted by atomic mass is 9.99. The third kappa shape index (κ3) is 5.41. The third-order valence-electron chi connectivity index (χ3n) is 6.88. The van der Waals surface area contributed by atoms with Crippen LogP contribution in [0.15, 0.2) is 78.9 Å².